The van der Waals surface area contributed by atoms with Gasteiger partial charge in [0.2, 0.25) is 0 Å². The van der Waals surface area contributed by atoms with E-state index in [0.717, 1.165) is 12.6 Å². The van der Waals surface area contributed by atoms with Crippen LogP contribution >= 0.6 is 45.7 Å². The summed E-state index contributed by atoms with van der Waals surface area (Å²) in [6.07, 6.45) is 7.01. The molecule has 0 radical (unpaired) electrons. The molecule has 0 amide bonds. The second-order valence-corrected chi connectivity index (χ2v) is 10.4. The van der Waals surface area contributed by atoms with Gasteiger partial charge in [0.15, 0.2) is 0 Å². The van der Waals surface area contributed by atoms with E-state index in [-0.39, 0.29) is 0 Å². The molecule has 1 fully saturated rings. The summed E-state index contributed by atoms with van der Waals surface area (Å²) in [6.45, 7) is 3.11. The quantitative estimate of drug-likeness (QED) is 0.336. The zero-order valence-electron chi connectivity index (χ0n) is 12.1. The Morgan fingerprint density at radius 2 is 1.81 bits per heavy atom. The molecule has 1 saturated carbocycles. The molecule has 3 nitrogen and oxygen atoms in total. The van der Waals surface area contributed by atoms with E-state index in [9.17, 15) is 0 Å². The molecular weight excluding hydrogens is 671 g/mol. The Morgan fingerprint density at radius 3 is 2.24 bits per heavy atom. The van der Waals surface area contributed by atoms with E-state index in [2.05, 4.69) is 126 Å². The first-order valence-corrected chi connectivity index (χ1v) is 9.87. The number of aryl methyl sites for hydroxylation is 2. The Bertz CT molecular complexity index is 627. The van der Waals surface area contributed by atoms with Gasteiger partial charge in [-0.05, 0) is 12.5 Å². The Kier molecular flexibility index (Phi) is 7.16. The monoisotopic (exact) mass is 690 g/mol. The summed E-state index contributed by atoms with van der Waals surface area (Å²) in [6, 6.07) is 9.44. The van der Waals surface area contributed by atoms with E-state index in [1.807, 2.05) is 0 Å². The van der Waals surface area contributed by atoms with Gasteiger partial charge >= 0.3 is 70.6 Å². The van der Waals surface area contributed by atoms with Crippen molar-refractivity contribution in [2.75, 3.05) is 0 Å². The summed E-state index contributed by atoms with van der Waals surface area (Å²) in [7, 11) is 2.08. The molecule has 6 heteroatoms. The van der Waals surface area contributed by atoms with Gasteiger partial charge in [-0.1, -0.05) is 29.8 Å². The summed E-state index contributed by atoms with van der Waals surface area (Å²) in [5, 5.41) is 0. The van der Waals surface area contributed by atoms with Crippen LogP contribution in [0.5, 0.6) is 0 Å². The first kappa shape index (κ1) is 17.9. The number of hydrogen-bond donors (Lipinski definition) is 0. The number of rotatable bonds is 3. The van der Waals surface area contributed by atoms with E-state index in [1.54, 1.807) is 0 Å². The van der Waals surface area contributed by atoms with Crippen LogP contribution in [-0.2, 0) is 32.9 Å². The van der Waals surface area contributed by atoms with Crippen LogP contribution in [0.15, 0.2) is 36.7 Å². The number of benzene rings is 1. The second-order valence-electron chi connectivity index (χ2n) is 5.24. The average Bonchev–Trinajstić information content (AvgIpc) is 3.21. The van der Waals surface area contributed by atoms with Crippen molar-refractivity contribution in [2.45, 2.75) is 32.4 Å². The van der Waals surface area contributed by atoms with Crippen LogP contribution < -0.4 is 0 Å². The fourth-order valence-electron chi connectivity index (χ4n) is 1.91. The molecule has 0 spiro atoms. The van der Waals surface area contributed by atoms with Crippen LogP contribution in [0.4, 0.5) is 0 Å². The standard InChI is InChI=1S/C8H9I2N.C7H10N2.Pt/c1-7-2-4-8(5-3-7)6-11(9)10;1-8-4-5-9(6-8)7-2-3-7;/h2-5H,6H2,1H3;4-5,7H,2-3H2,1H3;. The van der Waals surface area contributed by atoms with Crippen molar-refractivity contribution in [3.63, 3.8) is 0 Å². The first-order valence-electron chi connectivity index (χ1n) is 6.81. The van der Waals surface area contributed by atoms with Gasteiger partial charge in [-0.15, -0.1) is 0 Å². The number of halogens is 2. The Hall–Kier alpha value is 0.538. The van der Waals surface area contributed by atoms with Crippen LogP contribution in [0, 0.1) is 10.7 Å². The third kappa shape index (κ3) is 5.92. The van der Waals surface area contributed by atoms with Crippen LogP contribution in [0.2, 0.25) is 0 Å². The van der Waals surface area contributed by atoms with Crippen molar-refractivity contribution >= 4 is 45.7 Å². The summed E-state index contributed by atoms with van der Waals surface area (Å²) in [4.78, 5) is 0. The maximum atomic E-state index is 2.37. The molecule has 21 heavy (non-hydrogen) atoms. The zero-order chi connectivity index (χ0) is 15.4. The topological polar surface area (TPSA) is 13.1 Å². The fourth-order valence-corrected chi connectivity index (χ4v) is 3.45. The molecule has 1 aliphatic carbocycles. The van der Waals surface area contributed by atoms with E-state index < -0.39 is 0 Å². The summed E-state index contributed by atoms with van der Waals surface area (Å²) in [5.41, 5.74) is 2.68. The molecule has 0 saturated heterocycles. The maximum absolute atomic E-state index is 2.37. The van der Waals surface area contributed by atoms with Crippen LogP contribution in [0.1, 0.15) is 30.0 Å². The van der Waals surface area contributed by atoms with Gasteiger partial charge in [0.25, 0.3) is 0 Å². The van der Waals surface area contributed by atoms with Gasteiger partial charge in [-0.2, -0.15) is 1.33 Å². The van der Waals surface area contributed by atoms with Gasteiger partial charge in [0.05, 0.1) is 0 Å². The summed E-state index contributed by atoms with van der Waals surface area (Å²) < 4.78 is 7.95. The molecule has 0 N–H and O–H groups in total. The van der Waals surface area contributed by atoms with E-state index in [1.165, 1.54) is 27.8 Å². The van der Waals surface area contributed by atoms with E-state index >= 15 is 0 Å². The van der Waals surface area contributed by atoms with Gasteiger partial charge in [0, 0.05) is 52.3 Å². The van der Waals surface area contributed by atoms with Gasteiger partial charge in [-0.25, -0.2) is 0 Å². The van der Waals surface area contributed by atoms with Crippen LogP contribution in [-0.4, -0.2) is 10.5 Å². The number of imidazole rings is 1. The third-order valence-electron chi connectivity index (χ3n) is 3.28. The minimum absolute atomic E-state index is 0.814. The van der Waals surface area contributed by atoms with Crippen molar-refractivity contribution < 1.29 is 19.4 Å². The Morgan fingerprint density at radius 1 is 1.19 bits per heavy atom. The predicted molar refractivity (Wildman–Crippen MR) is 99.7 cm³/mol. The predicted octanol–water partition coefficient (Wildman–Crippen LogP) is 4.74. The molecule has 0 atom stereocenters. The number of hydrogen-bond acceptors (Lipinski definition) is 1. The number of aromatic nitrogens is 2. The molecule has 3 rings (SSSR count). The molecule has 118 valence electrons. The van der Waals surface area contributed by atoms with Gasteiger partial charge < -0.3 is 0 Å². The average molecular weight is 690 g/mol. The summed E-state index contributed by atoms with van der Waals surface area (Å²) >= 11 is 6.91. The number of nitrogens with zero attached hydrogens (tertiary/aromatic N) is 3. The van der Waals surface area contributed by atoms with Crippen molar-refractivity contribution in [1.82, 2.24) is 10.5 Å². The van der Waals surface area contributed by atoms with Gasteiger partial charge in [-0.3, -0.25) is 0 Å². The molecular formula is C15H19I2N3Pt. The molecule has 1 aliphatic rings. The normalized spacial score (nSPS) is 14.0. The van der Waals surface area contributed by atoms with E-state index in [4.69, 9.17) is 0 Å². The summed E-state index contributed by atoms with van der Waals surface area (Å²) in [5.74, 6) is 0. The van der Waals surface area contributed by atoms with Gasteiger partial charge in [0.1, 0.15) is 0 Å². The van der Waals surface area contributed by atoms with Crippen molar-refractivity contribution in [3.8, 4) is 0 Å². The molecule has 1 aromatic heterocycles. The molecule has 2 aromatic rings. The Labute approximate surface area is 165 Å². The first-order chi connectivity index (χ1) is 9.97. The molecule has 0 bridgehead atoms. The SMILES string of the molecule is Cc1ccc(CN(I)I)cc1.Cn1ccn(C2CC2)[c]1=[Pt]. The molecule has 1 heterocycles. The van der Waals surface area contributed by atoms with Crippen LogP contribution in [0.3, 0.4) is 0 Å². The van der Waals surface area contributed by atoms with Crippen molar-refractivity contribution in [2.24, 2.45) is 7.05 Å². The van der Waals surface area contributed by atoms with Crippen molar-refractivity contribution in [3.05, 3.63) is 51.6 Å². The fraction of sp³-hybridized carbons (Fsp3) is 0.400. The molecule has 1 aromatic carbocycles. The molecule has 0 unspecified atom stereocenters. The van der Waals surface area contributed by atoms with Crippen LogP contribution in [0.25, 0.3) is 0 Å². The Balaban J connectivity index is 0.000000154. The second kappa shape index (κ2) is 8.41. The zero-order valence-corrected chi connectivity index (χ0v) is 18.7. The third-order valence-corrected chi connectivity index (χ3v) is 5.35. The molecule has 0 aliphatic heterocycles. The minimum atomic E-state index is 0.814. The van der Waals surface area contributed by atoms with Crippen molar-refractivity contribution in [1.29, 1.82) is 0 Å². The van der Waals surface area contributed by atoms with E-state index in [0.29, 0.717) is 0 Å².